The lowest BCUT2D eigenvalue weighted by molar-refractivity contribution is -0.118. The summed E-state index contributed by atoms with van der Waals surface area (Å²) in [5.41, 5.74) is 5.86. The number of thiocarbonyl (C=S) groups is 1. The van der Waals surface area contributed by atoms with Crippen molar-refractivity contribution in [2.75, 3.05) is 5.32 Å². The second-order valence-electron chi connectivity index (χ2n) is 4.36. The molecule has 1 unspecified atom stereocenters. The first kappa shape index (κ1) is 16.3. The Balaban J connectivity index is 3.03. The number of anilines is 1. The maximum Gasteiger partial charge on any atom is 0.234 e. The zero-order valence-corrected chi connectivity index (χ0v) is 13.5. The molecule has 0 radical (unpaired) electrons. The number of nitrogens with one attached hydrogen (secondary N) is 1. The summed E-state index contributed by atoms with van der Waals surface area (Å²) < 4.78 is 13.5. The minimum Gasteiger partial charge on any atom is -0.393 e. The predicted molar refractivity (Wildman–Crippen MR) is 82.9 cm³/mol. The van der Waals surface area contributed by atoms with Gasteiger partial charge in [0.2, 0.25) is 5.91 Å². The molecule has 104 valence electrons. The summed E-state index contributed by atoms with van der Waals surface area (Å²) in [5, 5.41) is 2.72. The van der Waals surface area contributed by atoms with E-state index in [9.17, 15) is 9.18 Å². The minimum atomic E-state index is -0.608. The maximum absolute atomic E-state index is 13.1. The van der Waals surface area contributed by atoms with E-state index in [0.717, 1.165) is 6.07 Å². The average Bonchev–Trinajstić information content (AvgIpc) is 2.22. The fourth-order valence-electron chi connectivity index (χ4n) is 1.62. The van der Waals surface area contributed by atoms with Crippen molar-refractivity contribution in [1.82, 2.24) is 0 Å². The second-order valence-corrected chi connectivity index (χ2v) is 6.09. The zero-order chi connectivity index (χ0) is 14.7. The summed E-state index contributed by atoms with van der Waals surface area (Å²) in [6.45, 7) is 3.68. The molecule has 1 atom stereocenters. The highest BCUT2D eigenvalue weighted by molar-refractivity contribution is 9.10. The monoisotopic (exact) mass is 366 g/mol. The number of carbonyl (C=O) groups excluding carboxylic acids is 1. The third-order valence-corrected chi connectivity index (χ3v) is 3.69. The Hall–Kier alpha value is -0.720. The standard InChI is InChI=1S/C12H13BrClFN2OS/c1-5(2)9(11(16)19)12(18)17-10-7(13)3-6(15)4-8(10)14/h3-5,9H,1-2H3,(H2,16,19)(H,17,18). The maximum atomic E-state index is 13.1. The van der Waals surface area contributed by atoms with Gasteiger partial charge in [-0.3, -0.25) is 4.79 Å². The third-order valence-electron chi connectivity index (χ3n) is 2.51. The number of benzene rings is 1. The molecular weight excluding hydrogens is 355 g/mol. The average molecular weight is 368 g/mol. The molecule has 1 aromatic rings. The van der Waals surface area contributed by atoms with Crippen molar-refractivity contribution in [2.24, 2.45) is 17.6 Å². The van der Waals surface area contributed by atoms with Crippen LogP contribution in [-0.2, 0) is 4.79 Å². The van der Waals surface area contributed by atoms with E-state index in [1.54, 1.807) is 0 Å². The largest absolute Gasteiger partial charge is 0.393 e. The molecule has 0 aromatic heterocycles. The molecule has 7 heteroatoms. The molecule has 0 bridgehead atoms. The van der Waals surface area contributed by atoms with Crippen LogP contribution in [0.5, 0.6) is 0 Å². The Morgan fingerprint density at radius 1 is 1.53 bits per heavy atom. The van der Waals surface area contributed by atoms with Crippen LogP contribution >= 0.6 is 39.7 Å². The molecule has 0 saturated carbocycles. The van der Waals surface area contributed by atoms with Crippen molar-refractivity contribution in [3.8, 4) is 0 Å². The summed E-state index contributed by atoms with van der Waals surface area (Å²) in [5.74, 6) is -1.51. The number of rotatable bonds is 4. The van der Waals surface area contributed by atoms with Crippen molar-refractivity contribution in [2.45, 2.75) is 13.8 Å². The van der Waals surface area contributed by atoms with Gasteiger partial charge in [-0.25, -0.2) is 4.39 Å². The molecule has 0 fully saturated rings. The number of nitrogens with two attached hydrogens (primary N) is 1. The molecule has 0 saturated heterocycles. The van der Waals surface area contributed by atoms with E-state index < -0.39 is 11.7 Å². The quantitative estimate of drug-likeness (QED) is 0.797. The highest BCUT2D eigenvalue weighted by atomic mass is 79.9. The molecule has 19 heavy (non-hydrogen) atoms. The van der Waals surface area contributed by atoms with Crippen LogP contribution in [0.2, 0.25) is 5.02 Å². The molecule has 0 heterocycles. The van der Waals surface area contributed by atoms with Gasteiger partial charge in [-0.1, -0.05) is 37.7 Å². The molecule has 0 aliphatic heterocycles. The van der Waals surface area contributed by atoms with Crippen molar-refractivity contribution in [3.05, 3.63) is 27.4 Å². The van der Waals surface area contributed by atoms with Crippen LogP contribution in [0.3, 0.4) is 0 Å². The van der Waals surface area contributed by atoms with Gasteiger partial charge in [0.05, 0.1) is 21.6 Å². The Labute approximate surface area is 129 Å². The summed E-state index contributed by atoms with van der Waals surface area (Å²) in [6, 6.07) is 2.33. The van der Waals surface area contributed by atoms with Gasteiger partial charge in [-0.15, -0.1) is 0 Å². The van der Waals surface area contributed by atoms with Crippen molar-refractivity contribution in [3.63, 3.8) is 0 Å². The van der Waals surface area contributed by atoms with E-state index in [-0.39, 0.29) is 21.8 Å². The molecule has 1 amide bonds. The SMILES string of the molecule is CC(C)C(C(=O)Nc1c(Cl)cc(F)cc1Br)C(N)=S. The van der Waals surface area contributed by atoms with Crippen LogP contribution in [0.25, 0.3) is 0 Å². The summed E-state index contributed by atoms with van der Waals surface area (Å²) in [7, 11) is 0. The van der Waals surface area contributed by atoms with Gasteiger partial charge >= 0.3 is 0 Å². The molecule has 0 aliphatic carbocycles. The first-order valence-electron chi connectivity index (χ1n) is 5.48. The Morgan fingerprint density at radius 2 is 2.11 bits per heavy atom. The van der Waals surface area contributed by atoms with Crippen LogP contribution < -0.4 is 11.1 Å². The van der Waals surface area contributed by atoms with E-state index in [0.29, 0.717) is 10.2 Å². The Bertz CT molecular complexity index is 501. The Morgan fingerprint density at radius 3 is 2.53 bits per heavy atom. The van der Waals surface area contributed by atoms with E-state index in [1.165, 1.54) is 6.07 Å². The van der Waals surface area contributed by atoms with Gasteiger partial charge in [0.1, 0.15) is 5.82 Å². The van der Waals surface area contributed by atoms with E-state index in [1.807, 2.05) is 13.8 Å². The van der Waals surface area contributed by atoms with Crippen LogP contribution in [0.1, 0.15) is 13.8 Å². The van der Waals surface area contributed by atoms with E-state index >= 15 is 0 Å². The van der Waals surface area contributed by atoms with Gasteiger partial charge in [0.25, 0.3) is 0 Å². The highest BCUT2D eigenvalue weighted by Crippen LogP contribution is 2.32. The normalized spacial score (nSPS) is 12.3. The summed E-state index contributed by atoms with van der Waals surface area (Å²) >= 11 is 13.9. The van der Waals surface area contributed by atoms with Crippen molar-refractivity contribution >= 4 is 56.3 Å². The van der Waals surface area contributed by atoms with Crippen molar-refractivity contribution < 1.29 is 9.18 Å². The zero-order valence-electron chi connectivity index (χ0n) is 10.3. The molecule has 3 N–H and O–H groups in total. The molecule has 0 spiro atoms. The lowest BCUT2D eigenvalue weighted by Crippen LogP contribution is -2.36. The Kier molecular flexibility index (Phi) is 5.70. The number of amides is 1. The molecule has 3 nitrogen and oxygen atoms in total. The van der Waals surface area contributed by atoms with Gasteiger partial charge in [-0.2, -0.15) is 0 Å². The first-order chi connectivity index (χ1) is 8.73. The van der Waals surface area contributed by atoms with Crippen molar-refractivity contribution in [1.29, 1.82) is 0 Å². The third kappa shape index (κ3) is 4.12. The van der Waals surface area contributed by atoms with Crippen LogP contribution in [0, 0.1) is 17.7 Å². The second kappa shape index (κ2) is 6.63. The highest BCUT2D eigenvalue weighted by Gasteiger charge is 2.26. The van der Waals surface area contributed by atoms with Crippen LogP contribution in [0.4, 0.5) is 10.1 Å². The van der Waals surface area contributed by atoms with E-state index in [2.05, 4.69) is 21.2 Å². The molecule has 1 aromatic carbocycles. The fraction of sp³-hybridized carbons (Fsp3) is 0.333. The molecule has 1 rings (SSSR count). The number of carbonyl (C=O) groups is 1. The van der Waals surface area contributed by atoms with E-state index in [4.69, 9.17) is 29.6 Å². The minimum absolute atomic E-state index is 0.0458. The lowest BCUT2D eigenvalue weighted by Gasteiger charge is -2.19. The predicted octanol–water partition coefficient (Wildman–Crippen LogP) is 3.74. The molecule has 0 aliphatic rings. The van der Waals surface area contributed by atoms with Gasteiger partial charge in [-0.05, 0) is 34.0 Å². The lowest BCUT2D eigenvalue weighted by atomic mass is 9.95. The fourth-order valence-corrected chi connectivity index (χ4v) is 2.90. The smallest absolute Gasteiger partial charge is 0.234 e. The van der Waals surface area contributed by atoms with Crippen LogP contribution in [-0.4, -0.2) is 10.9 Å². The molecular formula is C12H13BrClFN2OS. The van der Waals surface area contributed by atoms with Gasteiger partial charge in [0.15, 0.2) is 0 Å². The van der Waals surface area contributed by atoms with Gasteiger partial charge in [0, 0.05) is 4.47 Å². The topological polar surface area (TPSA) is 55.1 Å². The van der Waals surface area contributed by atoms with Crippen LogP contribution in [0.15, 0.2) is 16.6 Å². The van der Waals surface area contributed by atoms with Gasteiger partial charge < -0.3 is 11.1 Å². The summed E-state index contributed by atoms with van der Waals surface area (Å²) in [4.78, 5) is 12.2. The number of halogens is 3. The first-order valence-corrected chi connectivity index (χ1v) is 7.06. The number of hydrogen-bond donors (Lipinski definition) is 2. The summed E-state index contributed by atoms with van der Waals surface area (Å²) in [6.07, 6.45) is 0. The number of hydrogen-bond acceptors (Lipinski definition) is 2.